The zero-order valence-electron chi connectivity index (χ0n) is 9.66. The Hall–Kier alpha value is -0.760. The summed E-state index contributed by atoms with van der Waals surface area (Å²) in [6, 6.07) is 3.87. The largest absolute Gasteiger partial charge is 0.474 e. The molecule has 0 N–H and O–H groups in total. The predicted molar refractivity (Wildman–Crippen MR) is 65.8 cm³/mol. The number of hydrogen-bond acceptors (Lipinski definition) is 2. The zero-order chi connectivity index (χ0) is 11.4. The Morgan fingerprint density at radius 1 is 1.38 bits per heavy atom. The van der Waals surface area contributed by atoms with Crippen molar-refractivity contribution < 1.29 is 4.74 Å². The maximum absolute atomic E-state index is 5.93. The molecule has 1 aromatic heterocycles. The fraction of sp³-hybridized carbons (Fsp3) is 0.615. The number of hydrogen-bond donors (Lipinski definition) is 0. The first kappa shape index (κ1) is 11.7. The predicted octanol–water partition coefficient (Wildman–Crippen LogP) is 3.78. The van der Waals surface area contributed by atoms with Gasteiger partial charge in [-0.15, -0.1) is 11.6 Å². The monoisotopic (exact) mass is 239 g/mol. The van der Waals surface area contributed by atoms with Gasteiger partial charge in [0.05, 0.1) is 5.88 Å². The number of aromatic nitrogens is 1. The van der Waals surface area contributed by atoms with Crippen molar-refractivity contribution in [3.63, 3.8) is 0 Å². The Bertz CT molecular complexity index is 334. The molecule has 1 aliphatic carbocycles. The Morgan fingerprint density at radius 3 is 2.81 bits per heavy atom. The summed E-state index contributed by atoms with van der Waals surface area (Å²) in [7, 11) is 0. The summed E-state index contributed by atoms with van der Waals surface area (Å²) >= 11 is 5.85. The van der Waals surface area contributed by atoms with Gasteiger partial charge in [-0.25, -0.2) is 4.98 Å². The van der Waals surface area contributed by atoms with Crippen LogP contribution in [0.4, 0.5) is 0 Å². The third-order valence-electron chi connectivity index (χ3n) is 3.24. The maximum Gasteiger partial charge on any atom is 0.218 e. The van der Waals surface area contributed by atoms with Gasteiger partial charge in [0, 0.05) is 11.8 Å². The van der Waals surface area contributed by atoms with Gasteiger partial charge in [0.15, 0.2) is 0 Å². The fourth-order valence-corrected chi connectivity index (χ4v) is 2.34. The topological polar surface area (TPSA) is 22.1 Å². The fourth-order valence-electron chi connectivity index (χ4n) is 2.14. The minimum atomic E-state index is 0.327. The van der Waals surface area contributed by atoms with Crippen LogP contribution in [-0.4, -0.2) is 11.1 Å². The van der Waals surface area contributed by atoms with E-state index >= 15 is 0 Å². The summed E-state index contributed by atoms with van der Waals surface area (Å²) in [5.41, 5.74) is 0.989. The highest BCUT2D eigenvalue weighted by molar-refractivity contribution is 6.17. The van der Waals surface area contributed by atoms with E-state index in [9.17, 15) is 0 Å². The van der Waals surface area contributed by atoms with E-state index in [-0.39, 0.29) is 0 Å². The molecule has 0 spiro atoms. The third kappa shape index (κ3) is 2.88. The van der Waals surface area contributed by atoms with Crippen LogP contribution in [0.2, 0.25) is 0 Å². The zero-order valence-corrected chi connectivity index (χ0v) is 10.4. The van der Waals surface area contributed by atoms with Crippen molar-refractivity contribution in [1.82, 2.24) is 4.98 Å². The number of alkyl halides is 1. The number of halogens is 1. The van der Waals surface area contributed by atoms with Crippen molar-refractivity contribution in [2.45, 2.75) is 44.6 Å². The molecule has 16 heavy (non-hydrogen) atoms. The van der Waals surface area contributed by atoms with Gasteiger partial charge in [-0.3, -0.25) is 0 Å². The minimum absolute atomic E-state index is 0.327. The van der Waals surface area contributed by atoms with E-state index in [4.69, 9.17) is 16.3 Å². The highest BCUT2D eigenvalue weighted by Gasteiger charge is 2.20. The van der Waals surface area contributed by atoms with Gasteiger partial charge in [0.25, 0.3) is 0 Å². The first-order valence-electron chi connectivity index (χ1n) is 5.96. The summed E-state index contributed by atoms with van der Waals surface area (Å²) in [6.07, 6.45) is 6.88. The summed E-state index contributed by atoms with van der Waals surface area (Å²) in [5.74, 6) is 2.03. The molecule has 88 valence electrons. The molecule has 2 nitrogen and oxygen atoms in total. The summed E-state index contributed by atoms with van der Waals surface area (Å²) in [5, 5.41) is 0. The number of nitrogens with zero attached hydrogens (tertiary/aromatic N) is 1. The molecule has 0 aliphatic heterocycles. The molecule has 1 fully saturated rings. The van der Waals surface area contributed by atoms with Crippen molar-refractivity contribution in [2.75, 3.05) is 0 Å². The average Bonchev–Trinajstić information content (AvgIpc) is 2.33. The van der Waals surface area contributed by atoms with Crippen LogP contribution in [0.15, 0.2) is 18.3 Å². The van der Waals surface area contributed by atoms with E-state index in [1.807, 2.05) is 12.1 Å². The Labute approximate surface area is 102 Å². The van der Waals surface area contributed by atoms with E-state index in [0.29, 0.717) is 12.0 Å². The Kier molecular flexibility index (Phi) is 4.05. The SMILES string of the molecule is CC1CCC(Oc2ncccc2CCl)CC1. The summed E-state index contributed by atoms with van der Waals surface area (Å²) in [4.78, 5) is 4.26. The lowest BCUT2D eigenvalue weighted by molar-refractivity contribution is 0.129. The Balaban J connectivity index is 1.98. The second-order valence-electron chi connectivity index (χ2n) is 4.60. The first-order valence-corrected chi connectivity index (χ1v) is 6.49. The smallest absolute Gasteiger partial charge is 0.218 e. The lowest BCUT2D eigenvalue weighted by atomic mass is 9.89. The van der Waals surface area contributed by atoms with Gasteiger partial charge in [-0.2, -0.15) is 0 Å². The van der Waals surface area contributed by atoms with E-state index in [1.54, 1.807) is 6.20 Å². The summed E-state index contributed by atoms with van der Waals surface area (Å²) < 4.78 is 5.93. The normalized spacial score (nSPS) is 25.4. The molecular weight excluding hydrogens is 222 g/mol. The molecule has 0 saturated heterocycles. The van der Waals surface area contributed by atoms with Crippen LogP contribution in [0.25, 0.3) is 0 Å². The van der Waals surface area contributed by atoms with Crippen LogP contribution in [0.1, 0.15) is 38.2 Å². The lowest BCUT2D eigenvalue weighted by Crippen LogP contribution is -2.23. The molecule has 0 aromatic carbocycles. The van der Waals surface area contributed by atoms with Gasteiger partial charge < -0.3 is 4.74 Å². The molecule has 0 unspecified atom stereocenters. The van der Waals surface area contributed by atoms with Crippen LogP contribution in [0.3, 0.4) is 0 Å². The van der Waals surface area contributed by atoms with Crippen LogP contribution in [0.5, 0.6) is 5.88 Å². The molecule has 0 amide bonds. The van der Waals surface area contributed by atoms with Crippen molar-refractivity contribution in [1.29, 1.82) is 0 Å². The van der Waals surface area contributed by atoms with Crippen LogP contribution < -0.4 is 4.74 Å². The highest BCUT2D eigenvalue weighted by Crippen LogP contribution is 2.28. The quantitative estimate of drug-likeness (QED) is 0.749. The molecule has 0 radical (unpaired) electrons. The Morgan fingerprint density at radius 2 is 2.12 bits per heavy atom. The minimum Gasteiger partial charge on any atom is -0.474 e. The number of rotatable bonds is 3. The van der Waals surface area contributed by atoms with Crippen LogP contribution in [-0.2, 0) is 5.88 Å². The highest BCUT2D eigenvalue weighted by atomic mass is 35.5. The van der Waals surface area contributed by atoms with Gasteiger partial charge in [-0.1, -0.05) is 13.0 Å². The molecule has 0 bridgehead atoms. The lowest BCUT2D eigenvalue weighted by Gasteiger charge is -2.26. The molecular formula is C13H18ClNO. The molecule has 1 aromatic rings. The van der Waals surface area contributed by atoms with E-state index in [1.165, 1.54) is 12.8 Å². The van der Waals surface area contributed by atoms with E-state index in [2.05, 4.69) is 11.9 Å². The number of ether oxygens (including phenoxy) is 1. The summed E-state index contributed by atoms with van der Waals surface area (Å²) in [6.45, 7) is 2.31. The molecule has 0 atom stereocenters. The molecule has 2 rings (SSSR count). The average molecular weight is 240 g/mol. The molecule has 3 heteroatoms. The van der Waals surface area contributed by atoms with Crippen molar-refractivity contribution in [3.8, 4) is 5.88 Å². The van der Waals surface area contributed by atoms with Gasteiger partial charge >= 0.3 is 0 Å². The van der Waals surface area contributed by atoms with Gasteiger partial charge in [0.2, 0.25) is 5.88 Å². The van der Waals surface area contributed by atoms with Crippen LogP contribution >= 0.6 is 11.6 Å². The van der Waals surface area contributed by atoms with E-state index in [0.717, 1.165) is 30.2 Å². The second kappa shape index (κ2) is 5.53. The van der Waals surface area contributed by atoms with Crippen molar-refractivity contribution in [3.05, 3.63) is 23.9 Å². The molecule has 1 saturated carbocycles. The maximum atomic E-state index is 5.93. The van der Waals surface area contributed by atoms with Gasteiger partial charge in [0.1, 0.15) is 6.10 Å². The van der Waals surface area contributed by atoms with Gasteiger partial charge in [-0.05, 0) is 37.7 Å². The van der Waals surface area contributed by atoms with Crippen molar-refractivity contribution in [2.24, 2.45) is 5.92 Å². The van der Waals surface area contributed by atoms with Crippen molar-refractivity contribution >= 4 is 11.6 Å². The second-order valence-corrected chi connectivity index (χ2v) is 4.87. The molecule has 1 heterocycles. The van der Waals surface area contributed by atoms with E-state index < -0.39 is 0 Å². The molecule has 1 aliphatic rings. The third-order valence-corrected chi connectivity index (χ3v) is 3.52. The van der Waals surface area contributed by atoms with Crippen LogP contribution in [0, 0.1) is 5.92 Å². The number of pyridine rings is 1. The standard InChI is InChI=1S/C13H18ClNO/c1-10-4-6-12(7-5-10)16-13-11(9-14)3-2-8-15-13/h2-3,8,10,12H,4-7,9H2,1H3. The first-order chi connectivity index (χ1) is 7.79.